The lowest BCUT2D eigenvalue weighted by Gasteiger charge is -2.09. The number of benzene rings is 1. The van der Waals surface area contributed by atoms with Crippen molar-refractivity contribution in [2.45, 2.75) is 11.3 Å². The first-order valence-electron chi connectivity index (χ1n) is 8.26. The highest BCUT2D eigenvalue weighted by atomic mass is 32.2. The first-order chi connectivity index (χ1) is 13.1. The number of carbonyl (C=O) groups is 1. The molecule has 0 saturated carbocycles. The van der Waals surface area contributed by atoms with Gasteiger partial charge in [-0.05, 0) is 42.8 Å². The standard InChI is InChI=1S/C20H18N4O2S/c1-26-20(25)19-18(22)14(12-21)13-24(19)16-5-7-17(8-6-16)27-11-9-15-4-2-3-10-23-15/h2-8,10,13H,9,11,22H2,1H3. The van der Waals surface area contributed by atoms with Gasteiger partial charge < -0.3 is 15.0 Å². The minimum absolute atomic E-state index is 0.123. The van der Waals surface area contributed by atoms with E-state index in [4.69, 9.17) is 10.5 Å². The number of nitrogen functional groups attached to an aromatic ring is 1. The van der Waals surface area contributed by atoms with Crippen LogP contribution in [0.2, 0.25) is 0 Å². The van der Waals surface area contributed by atoms with Crippen LogP contribution in [0.4, 0.5) is 5.69 Å². The van der Waals surface area contributed by atoms with Crippen molar-refractivity contribution in [3.63, 3.8) is 0 Å². The molecule has 27 heavy (non-hydrogen) atoms. The average molecular weight is 378 g/mol. The van der Waals surface area contributed by atoms with Crippen LogP contribution in [0.5, 0.6) is 0 Å². The van der Waals surface area contributed by atoms with Crippen LogP contribution < -0.4 is 5.73 Å². The average Bonchev–Trinajstić information content (AvgIpc) is 3.05. The molecule has 0 unspecified atom stereocenters. The Morgan fingerprint density at radius 2 is 2.07 bits per heavy atom. The maximum absolute atomic E-state index is 12.1. The molecule has 0 amide bonds. The molecule has 0 fully saturated rings. The summed E-state index contributed by atoms with van der Waals surface area (Å²) in [7, 11) is 1.28. The van der Waals surface area contributed by atoms with Gasteiger partial charge in [-0.1, -0.05) is 6.07 Å². The van der Waals surface area contributed by atoms with E-state index in [1.807, 2.05) is 48.5 Å². The SMILES string of the molecule is COC(=O)c1c(N)c(C#N)cn1-c1ccc(SCCc2ccccn2)cc1. The van der Waals surface area contributed by atoms with Crippen molar-refractivity contribution in [2.75, 3.05) is 18.6 Å². The molecule has 2 aromatic heterocycles. The van der Waals surface area contributed by atoms with Crippen LogP contribution in [0.1, 0.15) is 21.7 Å². The van der Waals surface area contributed by atoms with Gasteiger partial charge in [0.15, 0.2) is 5.69 Å². The summed E-state index contributed by atoms with van der Waals surface area (Å²) in [6.07, 6.45) is 4.23. The van der Waals surface area contributed by atoms with Gasteiger partial charge in [-0.25, -0.2) is 4.79 Å². The normalized spacial score (nSPS) is 10.4. The number of esters is 1. The fourth-order valence-electron chi connectivity index (χ4n) is 2.64. The third-order valence-electron chi connectivity index (χ3n) is 4.01. The van der Waals surface area contributed by atoms with E-state index < -0.39 is 5.97 Å². The molecule has 1 aromatic carbocycles. The number of thioether (sulfide) groups is 1. The maximum atomic E-state index is 12.1. The van der Waals surface area contributed by atoms with E-state index in [0.29, 0.717) is 0 Å². The summed E-state index contributed by atoms with van der Waals surface area (Å²) in [5, 5.41) is 9.19. The predicted octanol–water partition coefficient (Wildman–Crippen LogP) is 3.45. The van der Waals surface area contributed by atoms with Crippen LogP contribution in [0.15, 0.2) is 59.8 Å². The number of nitriles is 1. The Bertz CT molecular complexity index is 976. The van der Waals surface area contributed by atoms with E-state index >= 15 is 0 Å². The summed E-state index contributed by atoms with van der Waals surface area (Å²) in [6.45, 7) is 0. The van der Waals surface area contributed by atoms with Crippen molar-refractivity contribution in [3.8, 4) is 11.8 Å². The molecule has 0 spiro atoms. The monoisotopic (exact) mass is 378 g/mol. The van der Waals surface area contributed by atoms with Crippen LogP contribution in [0.3, 0.4) is 0 Å². The van der Waals surface area contributed by atoms with Crippen LogP contribution in [0.25, 0.3) is 5.69 Å². The van der Waals surface area contributed by atoms with Crippen LogP contribution >= 0.6 is 11.8 Å². The second-order valence-corrected chi connectivity index (χ2v) is 6.86. The third kappa shape index (κ3) is 4.13. The van der Waals surface area contributed by atoms with Gasteiger partial charge in [-0.3, -0.25) is 4.98 Å². The molecule has 2 heterocycles. The topological polar surface area (TPSA) is 93.9 Å². The Kier molecular flexibility index (Phi) is 5.79. The van der Waals surface area contributed by atoms with Gasteiger partial charge in [-0.15, -0.1) is 11.8 Å². The van der Waals surface area contributed by atoms with Crippen molar-refractivity contribution in [1.82, 2.24) is 9.55 Å². The Morgan fingerprint density at radius 3 is 2.70 bits per heavy atom. The quantitative estimate of drug-likeness (QED) is 0.521. The summed E-state index contributed by atoms with van der Waals surface area (Å²) in [6, 6.07) is 15.6. The molecule has 7 heteroatoms. The number of anilines is 1. The molecule has 0 saturated heterocycles. The summed E-state index contributed by atoms with van der Waals surface area (Å²) >= 11 is 1.73. The lowest BCUT2D eigenvalue weighted by Crippen LogP contribution is -2.11. The number of ether oxygens (including phenoxy) is 1. The van der Waals surface area contributed by atoms with E-state index in [1.165, 1.54) is 7.11 Å². The zero-order valence-electron chi connectivity index (χ0n) is 14.8. The Labute approximate surface area is 161 Å². The molecule has 136 valence electrons. The van der Waals surface area contributed by atoms with Gasteiger partial charge in [-0.2, -0.15) is 5.26 Å². The van der Waals surface area contributed by atoms with Crippen molar-refractivity contribution in [1.29, 1.82) is 5.26 Å². The van der Waals surface area contributed by atoms with Crippen molar-refractivity contribution >= 4 is 23.4 Å². The van der Waals surface area contributed by atoms with Gasteiger partial charge >= 0.3 is 5.97 Å². The number of hydrogen-bond donors (Lipinski definition) is 1. The highest BCUT2D eigenvalue weighted by Crippen LogP contribution is 2.26. The zero-order chi connectivity index (χ0) is 19.2. The Hall–Kier alpha value is -3.24. The molecule has 0 aliphatic rings. The maximum Gasteiger partial charge on any atom is 0.357 e. The molecule has 0 bridgehead atoms. The number of nitrogens with two attached hydrogens (primary N) is 1. The molecule has 0 aliphatic carbocycles. The molecule has 0 aliphatic heterocycles. The lowest BCUT2D eigenvalue weighted by atomic mass is 10.2. The highest BCUT2D eigenvalue weighted by Gasteiger charge is 2.21. The minimum Gasteiger partial charge on any atom is -0.464 e. The molecule has 0 atom stereocenters. The van der Waals surface area contributed by atoms with Gasteiger partial charge in [0.2, 0.25) is 0 Å². The number of aromatic nitrogens is 2. The lowest BCUT2D eigenvalue weighted by molar-refractivity contribution is 0.0593. The third-order valence-corrected chi connectivity index (χ3v) is 5.03. The van der Waals surface area contributed by atoms with E-state index in [9.17, 15) is 10.1 Å². The van der Waals surface area contributed by atoms with Crippen LogP contribution in [-0.4, -0.2) is 28.4 Å². The number of pyridine rings is 1. The van der Waals surface area contributed by atoms with E-state index in [-0.39, 0.29) is 16.9 Å². The second-order valence-electron chi connectivity index (χ2n) is 5.69. The smallest absolute Gasteiger partial charge is 0.357 e. The van der Waals surface area contributed by atoms with Gasteiger partial charge in [0.1, 0.15) is 6.07 Å². The number of rotatable bonds is 6. The zero-order valence-corrected chi connectivity index (χ0v) is 15.6. The van der Waals surface area contributed by atoms with Crippen molar-refractivity contribution in [2.24, 2.45) is 0 Å². The molecular formula is C20H18N4O2S. The molecule has 3 rings (SSSR count). The van der Waals surface area contributed by atoms with Gasteiger partial charge in [0, 0.05) is 34.4 Å². The summed E-state index contributed by atoms with van der Waals surface area (Å²) < 4.78 is 6.38. The highest BCUT2D eigenvalue weighted by molar-refractivity contribution is 7.99. The fraction of sp³-hybridized carbons (Fsp3) is 0.150. The molecule has 2 N–H and O–H groups in total. The molecule has 0 radical (unpaired) electrons. The first-order valence-corrected chi connectivity index (χ1v) is 9.25. The second kappa shape index (κ2) is 8.43. The van der Waals surface area contributed by atoms with E-state index in [0.717, 1.165) is 28.5 Å². The fourth-order valence-corrected chi connectivity index (χ4v) is 3.52. The van der Waals surface area contributed by atoms with Crippen LogP contribution in [0, 0.1) is 11.3 Å². The summed E-state index contributed by atoms with van der Waals surface area (Å²) in [4.78, 5) is 17.5. The Balaban J connectivity index is 1.76. The predicted molar refractivity (Wildman–Crippen MR) is 105 cm³/mol. The summed E-state index contributed by atoms with van der Waals surface area (Å²) in [5.74, 6) is 0.335. The molecule has 6 nitrogen and oxygen atoms in total. The Morgan fingerprint density at radius 1 is 1.30 bits per heavy atom. The van der Waals surface area contributed by atoms with Crippen molar-refractivity contribution < 1.29 is 9.53 Å². The largest absolute Gasteiger partial charge is 0.464 e. The van der Waals surface area contributed by atoms with Crippen molar-refractivity contribution in [3.05, 3.63) is 71.8 Å². The van der Waals surface area contributed by atoms with Gasteiger partial charge in [0.25, 0.3) is 0 Å². The van der Waals surface area contributed by atoms with E-state index in [1.54, 1.807) is 28.7 Å². The number of methoxy groups -OCH3 is 1. The molecule has 3 aromatic rings. The minimum atomic E-state index is -0.581. The van der Waals surface area contributed by atoms with Crippen LogP contribution in [-0.2, 0) is 11.2 Å². The summed E-state index contributed by atoms with van der Waals surface area (Å²) in [5.41, 5.74) is 8.25. The van der Waals surface area contributed by atoms with E-state index in [2.05, 4.69) is 4.98 Å². The number of hydrogen-bond acceptors (Lipinski definition) is 6. The van der Waals surface area contributed by atoms with Gasteiger partial charge in [0.05, 0.1) is 18.4 Å². The number of aryl methyl sites for hydroxylation is 1. The number of carbonyl (C=O) groups excluding carboxylic acids is 1. The first kappa shape index (κ1) is 18.5. The molecular weight excluding hydrogens is 360 g/mol. The number of nitrogens with zero attached hydrogens (tertiary/aromatic N) is 3.